The van der Waals surface area contributed by atoms with Crippen LogP contribution in [0, 0.1) is 0 Å². The number of nitrogens with two attached hydrogens (primary N) is 1. The van der Waals surface area contributed by atoms with E-state index < -0.39 is 27.7 Å². The minimum absolute atomic E-state index is 0.0189. The average molecular weight is 296 g/mol. The summed E-state index contributed by atoms with van der Waals surface area (Å²) in [6, 6.07) is 8.85. The molecule has 1 unspecified atom stereocenters. The summed E-state index contributed by atoms with van der Waals surface area (Å²) in [6.45, 7) is 0. The van der Waals surface area contributed by atoms with E-state index in [1.165, 1.54) is 0 Å². The van der Waals surface area contributed by atoms with Crippen LogP contribution in [0.15, 0.2) is 41.0 Å². The summed E-state index contributed by atoms with van der Waals surface area (Å²) in [4.78, 5) is 15.1. The molecule has 0 saturated heterocycles. The predicted molar refractivity (Wildman–Crippen MR) is 70.3 cm³/mol. The smallest absolute Gasteiger partial charge is 0.313 e. The van der Waals surface area contributed by atoms with Crippen molar-refractivity contribution in [3.05, 3.63) is 42.3 Å². The summed E-state index contributed by atoms with van der Waals surface area (Å²) >= 11 is 0. The molecule has 0 aliphatic rings. The second kappa shape index (κ2) is 5.43. The quantitative estimate of drug-likeness (QED) is 0.841. The Kier molecular flexibility index (Phi) is 3.86. The number of hydrogen-bond donors (Lipinski definition) is 2. The van der Waals surface area contributed by atoms with Crippen LogP contribution in [0.4, 0.5) is 0 Å². The number of benzene rings is 1. The van der Waals surface area contributed by atoms with Crippen molar-refractivity contribution in [1.82, 2.24) is 4.98 Å². The molecule has 0 bridgehead atoms. The highest BCUT2D eigenvalue weighted by Crippen LogP contribution is 2.23. The van der Waals surface area contributed by atoms with Crippen LogP contribution in [-0.4, -0.2) is 30.2 Å². The highest BCUT2D eigenvalue weighted by Gasteiger charge is 2.28. The first kappa shape index (κ1) is 14.2. The lowest BCUT2D eigenvalue weighted by molar-refractivity contribution is -0.138. The fourth-order valence-corrected chi connectivity index (χ4v) is 2.45. The third kappa shape index (κ3) is 3.43. The lowest BCUT2D eigenvalue weighted by Crippen LogP contribution is -2.26. The number of carboxylic acid groups (broad SMARTS) is 1. The van der Waals surface area contributed by atoms with Crippen molar-refractivity contribution < 1.29 is 22.7 Å². The van der Waals surface area contributed by atoms with Crippen LogP contribution in [0.25, 0.3) is 11.5 Å². The number of sulfonamides is 1. The summed E-state index contributed by atoms with van der Waals surface area (Å²) in [7, 11) is -3.93. The van der Waals surface area contributed by atoms with Crippen molar-refractivity contribution in [2.75, 3.05) is 5.75 Å². The Bertz CT molecular complexity index is 708. The number of oxazole rings is 1. The minimum atomic E-state index is -3.93. The molecular formula is C12H12N2O5S. The minimum Gasteiger partial charge on any atom is -0.481 e. The highest BCUT2D eigenvalue weighted by atomic mass is 32.2. The van der Waals surface area contributed by atoms with Gasteiger partial charge in [-0.25, -0.2) is 18.5 Å². The molecule has 0 fully saturated rings. The van der Waals surface area contributed by atoms with Crippen molar-refractivity contribution in [3.8, 4) is 11.5 Å². The molecule has 1 heterocycles. The molecule has 0 saturated carbocycles. The van der Waals surface area contributed by atoms with Gasteiger partial charge < -0.3 is 9.52 Å². The van der Waals surface area contributed by atoms with Gasteiger partial charge in [0.15, 0.2) is 0 Å². The van der Waals surface area contributed by atoms with E-state index in [4.69, 9.17) is 14.7 Å². The van der Waals surface area contributed by atoms with E-state index in [-0.39, 0.29) is 11.6 Å². The Morgan fingerprint density at radius 1 is 1.35 bits per heavy atom. The Morgan fingerprint density at radius 2 is 2.00 bits per heavy atom. The van der Waals surface area contributed by atoms with Crippen molar-refractivity contribution in [3.63, 3.8) is 0 Å². The van der Waals surface area contributed by atoms with E-state index in [0.29, 0.717) is 5.56 Å². The van der Waals surface area contributed by atoms with Crippen LogP contribution in [0.3, 0.4) is 0 Å². The largest absolute Gasteiger partial charge is 0.481 e. The molecule has 1 aromatic carbocycles. The molecule has 1 atom stereocenters. The van der Waals surface area contributed by atoms with E-state index in [0.717, 1.165) is 6.26 Å². The first-order valence-electron chi connectivity index (χ1n) is 5.61. The number of nitrogens with zero attached hydrogens (tertiary/aromatic N) is 1. The van der Waals surface area contributed by atoms with Crippen LogP contribution in [0.1, 0.15) is 11.6 Å². The van der Waals surface area contributed by atoms with Crippen LogP contribution in [0.5, 0.6) is 0 Å². The molecule has 2 aromatic rings. The number of carbonyl (C=O) groups is 1. The molecule has 2 rings (SSSR count). The van der Waals surface area contributed by atoms with Gasteiger partial charge in [0, 0.05) is 5.56 Å². The summed E-state index contributed by atoms with van der Waals surface area (Å²) in [5.41, 5.74) is 0.684. The van der Waals surface area contributed by atoms with Crippen molar-refractivity contribution in [1.29, 1.82) is 0 Å². The fraction of sp³-hybridized carbons (Fsp3) is 0.167. The third-order valence-electron chi connectivity index (χ3n) is 2.60. The molecule has 106 valence electrons. The van der Waals surface area contributed by atoms with Gasteiger partial charge in [-0.15, -0.1) is 0 Å². The highest BCUT2D eigenvalue weighted by molar-refractivity contribution is 7.89. The Morgan fingerprint density at radius 3 is 2.55 bits per heavy atom. The molecule has 0 amide bonds. The number of rotatable bonds is 5. The van der Waals surface area contributed by atoms with E-state index in [1.54, 1.807) is 24.3 Å². The van der Waals surface area contributed by atoms with Crippen molar-refractivity contribution >= 4 is 16.0 Å². The monoisotopic (exact) mass is 296 g/mol. The molecule has 20 heavy (non-hydrogen) atoms. The van der Waals surface area contributed by atoms with Gasteiger partial charge in [0.1, 0.15) is 12.2 Å². The molecule has 8 heteroatoms. The zero-order valence-corrected chi connectivity index (χ0v) is 11.1. The summed E-state index contributed by atoms with van der Waals surface area (Å²) in [6.07, 6.45) is 1.13. The normalized spacial score (nSPS) is 13.1. The number of carboxylic acids is 1. The molecule has 0 radical (unpaired) electrons. The van der Waals surface area contributed by atoms with E-state index >= 15 is 0 Å². The maximum atomic E-state index is 11.1. The van der Waals surface area contributed by atoms with Crippen LogP contribution >= 0.6 is 0 Å². The van der Waals surface area contributed by atoms with Gasteiger partial charge in [0.25, 0.3) is 0 Å². The molecule has 0 aliphatic carbocycles. The van der Waals surface area contributed by atoms with Gasteiger partial charge in [-0.1, -0.05) is 18.2 Å². The summed E-state index contributed by atoms with van der Waals surface area (Å²) in [5, 5.41) is 13.9. The fourth-order valence-electron chi connectivity index (χ4n) is 1.68. The summed E-state index contributed by atoms with van der Waals surface area (Å²) < 4.78 is 27.3. The van der Waals surface area contributed by atoms with Crippen molar-refractivity contribution in [2.24, 2.45) is 5.14 Å². The van der Waals surface area contributed by atoms with Gasteiger partial charge >= 0.3 is 5.97 Å². The van der Waals surface area contributed by atoms with Crippen LogP contribution in [-0.2, 0) is 14.8 Å². The first-order chi connectivity index (χ1) is 9.37. The Balaban J connectivity index is 2.33. The number of hydrogen-bond acceptors (Lipinski definition) is 5. The average Bonchev–Trinajstić information content (AvgIpc) is 2.85. The van der Waals surface area contributed by atoms with E-state index in [9.17, 15) is 13.2 Å². The van der Waals surface area contributed by atoms with Gasteiger partial charge in [-0.2, -0.15) is 0 Å². The van der Waals surface area contributed by atoms with E-state index in [1.807, 2.05) is 6.07 Å². The standard InChI is InChI=1S/C12H12N2O5S/c13-20(17,18)7-9(12(15)16)10-6-19-11(14-10)8-4-2-1-3-5-8/h1-6,9H,7H2,(H,15,16)(H2,13,17,18). The molecule has 0 aliphatic heterocycles. The van der Waals surface area contributed by atoms with Gasteiger partial charge in [-0.05, 0) is 12.1 Å². The van der Waals surface area contributed by atoms with Crippen molar-refractivity contribution in [2.45, 2.75) is 5.92 Å². The maximum absolute atomic E-state index is 11.1. The zero-order valence-electron chi connectivity index (χ0n) is 10.3. The Labute approximate surface area is 115 Å². The number of primary sulfonamides is 1. The van der Waals surface area contributed by atoms with Gasteiger partial charge in [0.2, 0.25) is 15.9 Å². The first-order valence-corrected chi connectivity index (χ1v) is 7.32. The zero-order chi connectivity index (χ0) is 14.8. The topological polar surface area (TPSA) is 123 Å². The predicted octanol–water partition coefficient (Wildman–Crippen LogP) is 0.798. The number of aliphatic carboxylic acids is 1. The molecule has 7 nitrogen and oxygen atoms in total. The van der Waals surface area contributed by atoms with Crippen LogP contribution < -0.4 is 5.14 Å². The second-order valence-corrected chi connectivity index (χ2v) is 5.82. The molecule has 3 N–H and O–H groups in total. The second-order valence-electron chi connectivity index (χ2n) is 4.16. The third-order valence-corrected chi connectivity index (χ3v) is 3.39. The Hall–Kier alpha value is -2.19. The van der Waals surface area contributed by atoms with E-state index in [2.05, 4.69) is 4.98 Å². The van der Waals surface area contributed by atoms with Gasteiger partial charge in [0.05, 0.1) is 11.4 Å². The lowest BCUT2D eigenvalue weighted by Gasteiger charge is -2.06. The summed E-state index contributed by atoms with van der Waals surface area (Å²) in [5.74, 6) is -3.19. The maximum Gasteiger partial charge on any atom is 0.313 e. The molecular weight excluding hydrogens is 284 g/mol. The molecule has 0 spiro atoms. The lowest BCUT2D eigenvalue weighted by atomic mass is 10.1. The number of aromatic nitrogens is 1. The molecule has 1 aromatic heterocycles. The SMILES string of the molecule is NS(=O)(=O)CC(C(=O)O)c1coc(-c2ccccc2)n1. The van der Waals surface area contributed by atoms with Crippen LogP contribution in [0.2, 0.25) is 0 Å². The van der Waals surface area contributed by atoms with Gasteiger partial charge in [-0.3, -0.25) is 4.79 Å².